The van der Waals surface area contributed by atoms with Crippen LogP contribution in [0.5, 0.6) is 0 Å². The van der Waals surface area contributed by atoms with E-state index in [-0.39, 0.29) is 30.7 Å². The topological polar surface area (TPSA) is 77.1 Å². The molecule has 2 heterocycles. The highest BCUT2D eigenvalue weighted by atomic mass is 16.6. The summed E-state index contributed by atoms with van der Waals surface area (Å²) in [6.45, 7) is 2.21. The molecule has 3 fully saturated rings. The first-order valence-electron chi connectivity index (χ1n) is 7.16. The fourth-order valence-corrected chi connectivity index (χ4v) is 3.01. The van der Waals surface area contributed by atoms with Crippen LogP contribution in [0.4, 0.5) is 4.79 Å². The van der Waals surface area contributed by atoms with E-state index in [0.717, 1.165) is 19.3 Å². The molecule has 1 saturated carbocycles. The van der Waals surface area contributed by atoms with Crippen molar-refractivity contribution < 1.29 is 23.8 Å². The summed E-state index contributed by atoms with van der Waals surface area (Å²) >= 11 is 0. The summed E-state index contributed by atoms with van der Waals surface area (Å²) in [4.78, 5) is 24.6. The lowest BCUT2D eigenvalue weighted by atomic mass is 9.89. The molecule has 20 heavy (non-hydrogen) atoms. The zero-order valence-electron chi connectivity index (χ0n) is 11.4. The number of nitrogens with one attached hydrogen (secondary N) is 1. The van der Waals surface area contributed by atoms with Gasteiger partial charge in [0, 0.05) is 6.04 Å². The minimum atomic E-state index is -0.409. The van der Waals surface area contributed by atoms with Gasteiger partial charge in [0.15, 0.2) is 0 Å². The normalized spacial score (nSPS) is 33.5. The van der Waals surface area contributed by atoms with E-state index in [2.05, 4.69) is 5.32 Å². The Morgan fingerprint density at radius 2 is 2.00 bits per heavy atom. The number of carbonyl (C=O) groups is 2. The number of hydrogen-bond donors (Lipinski definition) is 1. The van der Waals surface area contributed by atoms with E-state index >= 15 is 0 Å². The number of rotatable bonds is 3. The molecule has 7 nitrogen and oxygen atoms in total. The maximum Gasteiger partial charge on any atom is 0.410 e. The zero-order chi connectivity index (χ0) is 13.9. The van der Waals surface area contributed by atoms with Crippen molar-refractivity contribution in [1.82, 2.24) is 10.2 Å². The second-order valence-corrected chi connectivity index (χ2v) is 5.43. The van der Waals surface area contributed by atoms with Gasteiger partial charge < -0.3 is 19.5 Å². The van der Waals surface area contributed by atoms with Gasteiger partial charge in [0.25, 0.3) is 0 Å². The molecule has 0 aromatic rings. The Morgan fingerprint density at radius 1 is 1.20 bits per heavy atom. The van der Waals surface area contributed by atoms with E-state index in [0.29, 0.717) is 26.4 Å². The highest BCUT2D eigenvalue weighted by molar-refractivity contribution is 5.83. The molecule has 7 heteroatoms. The molecule has 2 amide bonds. The van der Waals surface area contributed by atoms with E-state index < -0.39 is 6.09 Å². The molecule has 1 aliphatic carbocycles. The van der Waals surface area contributed by atoms with Gasteiger partial charge in [-0.05, 0) is 19.3 Å². The van der Waals surface area contributed by atoms with Crippen LogP contribution in [0.2, 0.25) is 0 Å². The lowest BCUT2D eigenvalue weighted by Gasteiger charge is -2.39. The Balaban J connectivity index is 1.45. The summed E-state index contributed by atoms with van der Waals surface area (Å²) in [6.07, 6.45) is 2.42. The van der Waals surface area contributed by atoms with E-state index in [1.165, 1.54) is 4.90 Å². The summed E-state index contributed by atoms with van der Waals surface area (Å²) in [5.41, 5.74) is 0. The molecule has 0 aromatic heterocycles. The highest BCUT2D eigenvalue weighted by Crippen LogP contribution is 2.26. The first kappa shape index (κ1) is 13.6. The van der Waals surface area contributed by atoms with Gasteiger partial charge in [0.05, 0.1) is 32.0 Å². The largest absolute Gasteiger partial charge is 0.448 e. The standard InChI is InChI=1S/C13H20N2O5/c16-12(8-15-3-4-20-13(15)17)14-9-1-2-10-11(7-9)19-6-5-18-10/h9-11H,1-8H2,(H,14,16)/t9-,10+,11+/m1/s1. The van der Waals surface area contributed by atoms with Gasteiger partial charge >= 0.3 is 6.09 Å². The first-order chi connectivity index (χ1) is 9.72. The Kier molecular flexibility index (Phi) is 4.07. The van der Waals surface area contributed by atoms with E-state index in [9.17, 15) is 9.59 Å². The maximum atomic E-state index is 11.9. The molecule has 2 saturated heterocycles. The van der Waals surface area contributed by atoms with Gasteiger partial charge in [-0.25, -0.2) is 4.79 Å². The summed E-state index contributed by atoms with van der Waals surface area (Å²) < 4.78 is 16.1. The van der Waals surface area contributed by atoms with Gasteiger partial charge in [0.2, 0.25) is 5.91 Å². The number of amides is 2. The highest BCUT2D eigenvalue weighted by Gasteiger charge is 2.35. The molecule has 0 spiro atoms. The average Bonchev–Trinajstić information content (AvgIpc) is 2.84. The number of cyclic esters (lactones) is 1. The van der Waals surface area contributed by atoms with Gasteiger partial charge in [-0.2, -0.15) is 0 Å². The Morgan fingerprint density at radius 3 is 2.75 bits per heavy atom. The molecule has 0 bridgehead atoms. The molecule has 3 aliphatic rings. The predicted molar refractivity (Wildman–Crippen MR) is 68.2 cm³/mol. The Hall–Kier alpha value is -1.34. The molecule has 1 N–H and O–H groups in total. The van der Waals surface area contributed by atoms with Crippen LogP contribution >= 0.6 is 0 Å². The van der Waals surface area contributed by atoms with E-state index in [1.807, 2.05) is 0 Å². The van der Waals surface area contributed by atoms with Gasteiger partial charge in [-0.1, -0.05) is 0 Å². The first-order valence-corrected chi connectivity index (χ1v) is 7.16. The lowest BCUT2D eigenvalue weighted by molar-refractivity contribution is -0.158. The zero-order valence-corrected chi connectivity index (χ0v) is 11.4. The third-order valence-electron chi connectivity index (χ3n) is 4.02. The van der Waals surface area contributed by atoms with Crippen LogP contribution in [0, 0.1) is 0 Å². The SMILES string of the molecule is O=C(CN1CCOC1=O)N[C@@H]1CC[C@@H]2OCCO[C@H]2C1. The van der Waals surface area contributed by atoms with Crippen molar-refractivity contribution in [3.05, 3.63) is 0 Å². The maximum absolute atomic E-state index is 11.9. The Bertz CT molecular complexity index is 389. The fraction of sp³-hybridized carbons (Fsp3) is 0.846. The molecule has 112 valence electrons. The molecule has 0 radical (unpaired) electrons. The Labute approximate surface area is 117 Å². The van der Waals surface area contributed by atoms with Gasteiger partial charge in [-0.15, -0.1) is 0 Å². The average molecular weight is 284 g/mol. The van der Waals surface area contributed by atoms with Crippen LogP contribution in [0.1, 0.15) is 19.3 Å². The van der Waals surface area contributed by atoms with Crippen molar-refractivity contribution in [1.29, 1.82) is 0 Å². The van der Waals surface area contributed by atoms with Crippen LogP contribution in [-0.2, 0) is 19.0 Å². The summed E-state index contributed by atoms with van der Waals surface area (Å²) in [5.74, 6) is -0.135. The van der Waals surface area contributed by atoms with E-state index in [4.69, 9.17) is 14.2 Å². The van der Waals surface area contributed by atoms with Crippen LogP contribution in [-0.4, -0.2) is 68.1 Å². The summed E-state index contributed by atoms with van der Waals surface area (Å²) in [7, 11) is 0. The number of hydrogen-bond acceptors (Lipinski definition) is 5. The van der Waals surface area contributed by atoms with Gasteiger partial charge in [-0.3, -0.25) is 9.69 Å². The van der Waals surface area contributed by atoms with Crippen molar-refractivity contribution in [2.75, 3.05) is 32.9 Å². The molecule has 2 aliphatic heterocycles. The molecule has 0 aromatic carbocycles. The second-order valence-electron chi connectivity index (χ2n) is 5.43. The lowest BCUT2D eigenvalue weighted by Crippen LogP contribution is -2.50. The third-order valence-corrected chi connectivity index (χ3v) is 4.02. The number of fused-ring (bicyclic) bond motifs is 1. The number of nitrogens with zero attached hydrogens (tertiary/aromatic N) is 1. The monoisotopic (exact) mass is 284 g/mol. The van der Waals surface area contributed by atoms with Crippen LogP contribution in [0.3, 0.4) is 0 Å². The molecule has 0 unspecified atom stereocenters. The smallest absolute Gasteiger partial charge is 0.410 e. The van der Waals surface area contributed by atoms with Crippen molar-refractivity contribution in [2.45, 2.75) is 37.5 Å². The van der Waals surface area contributed by atoms with Crippen molar-refractivity contribution in [3.8, 4) is 0 Å². The molecular formula is C13H20N2O5. The fourth-order valence-electron chi connectivity index (χ4n) is 3.01. The third kappa shape index (κ3) is 3.04. The van der Waals surface area contributed by atoms with Crippen LogP contribution in [0.25, 0.3) is 0 Å². The molecule has 3 rings (SSSR count). The van der Waals surface area contributed by atoms with Crippen LogP contribution in [0.15, 0.2) is 0 Å². The summed E-state index contributed by atoms with van der Waals surface area (Å²) in [6, 6.07) is 0.101. The second kappa shape index (κ2) is 5.97. The number of carbonyl (C=O) groups excluding carboxylic acids is 2. The minimum absolute atomic E-state index is 0.0702. The predicted octanol–water partition coefficient (Wildman–Crippen LogP) is -0.109. The van der Waals surface area contributed by atoms with Gasteiger partial charge in [0.1, 0.15) is 13.2 Å². The quantitative estimate of drug-likeness (QED) is 0.782. The van der Waals surface area contributed by atoms with Crippen molar-refractivity contribution in [2.24, 2.45) is 0 Å². The summed E-state index contributed by atoms with van der Waals surface area (Å²) in [5, 5.41) is 2.98. The van der Waals surface area contributed by atoms with Crippen molar-refractivity contribution in [3.63, 3.8) is 0 Å². The van der Waals surface area contributed by atoms with Crippen molar-refractivity contribution >= 4 is 12.0 Å². The molecular weight excluding hydrogens is 264 g/mol. The minimum Gasteiger partial charge on any atom is -0.448 e. The molecule has 3 atom stereocenters. The van der Waals surface area contributed by atoms with Crippen LogP contribution < -0.4 is 5.32 Å². The number of ether oxygens (including phenoxy) is 3. The van der Waals surface area contributed by atoms with E-state index in [1.54, 1.807) is 0 Å².